The third kappa shape index (κ3) is 3.60. The standard InChI is InChI=1S/C22H19Cl2N5O/c1-13-10-16(15(3)29(13)19-11-17(23)7-8-18(19)24)12-25-27-22(30)21-14(2)26-20-6-4-5-9-28(20)21/h4-12H,1-3H3,(H,27,30)/b25-12-. The lowest BCUT2D eigenvalue weighted by molar-refractivity contribution is 0.0948. The van der Waals surface area contributed by atoms with E-state index in [1.54, 1.807) is 35.9 Å². The number of hydrazone groups is 1. The van der Waals surface area contributed by atoms with Gasteiger partial charge in [-0.15, -0.1) is 0 Å². The lowest BCUT2D eigenvalue weighted by Crippen LogP contribution is -2.20. The largest absolute Gasteiger partial charge is 0.316 e. The molecule has 0 aliphatic rings. The third-order valence-corrected chi connectivity index (χ3v) is 5.46. The Balaban J connectivity index is 1.60. The molecule has 0 aliphatic heterocycles. The van der Waals surface area contributed by atoms with Crippen molar-refractivity contribution in [1.82, 2.24) is 19.4 Å². The highest BCUT2D eigenvalue weighted by Crippen LogP contribution is 2.28. The molecule has 6 nitrogen and oxygen atoms in total. The molecular weight excluding hydrogens is 421 g/mol. The van der Waals surface area contributed by atoms with Crippen LogP contribution >= 0.6 is 23.2 Å². The van der Waals surface area contributed by atoms with Gasteiger partial charge in [0.05, 0.1) is 22.6 Å². The molecule has 0 fully saturated rings. The summed E-state index contributed by atoms with van der Waals surface area (Å²) < 4.78 is 3.75. The van der Waals surface area contributed by atoms with Gasteiger partial charge in [0, 0.05) is 28.2 Å². The molecule has 0 unspecified atom stereocenters. The Morgan fingerprint density at radius 3 is 2.73 bits per heavy atom. The van der Waals surface area contributed by atoms with E-state index in [9.17, 15) is 4.79 Å². The van der Waals surface area contributed by atoms with E-state index in [-0.39, 0.29) is 5.91 Å². The highest BCUT2D eigenvalue weighted by Gasteiger charge is 2.16. The predicted molar refractivity (Wildman–Crippen MR) is 120 cm³/mol. The molecule has 1 amide bonds. The molecule has 0 radical (unpaired) electrons. The number of rotatable bonds is 4. The number of halogens is 2. The van der Waals surface area contributed by atoms with Crippen molar-refractivity contribution < 1.29 is 4.79 Å². The second-order valence-corrected chi connectivity index (χ2v) is 7.78. The lowest BCUT2D eigenvalue weighted by atomic mass is 10.2. The molecule has 30 heavy (non-hydrogen) atoms. The van der Waals surface area contributed by atoms with Gasteiger partial charge in [-0.3, -0.25) is 9.20 Å². The van der Waals surface area contributed by atoms with Crippen LogP contribution in [0.1, 0.15) is 33.1 Å². The molecule has 8 heteroatoms. The molecule has 0 saturated heterocycles. The zero-order chi connectivity index (χ0) is 21.4. The minimum absolute atomic E-state index is 0.325. The number of carbonyl (C=O) groups excluding carboxylic acids is 1. The Kier molecular flexibility index (Phi) is 5.37. The lowest BCUT2D eigenvalue weighted by Gasteiger charge is -2.12. The fourth-order valence-electron chi connectivity index (χ4n) is 3.55. The van der Waals surface area contributed by atoms with Gasteiger partial charge >= 0.3 is 0 Å². The molecule has 3 heterocycles. The maximum Gasteiger partial charge on any atom is 0.290 e. The van der Waals surface area contributed by atoms with Crippen LogP contribution in [-0.2, 0) is 0 Å². The summed E-state index contributed by atoms with van der Waals surface area (Å²) in [5, 5.41) is 5.36. The number of fused-ring (bicyclic) bond motifs is 1. The molecule has 4 rings (SSSR count). The summed E-state index contributed by atoms with van der Waals surface area (Å²) in [6, 6.07) is 12.9. The summed E-state index contributed by atoms with van der Waals surface area (Å²) in [4.78, 5) is 17.1. The Morgan fingerprint density at radius 2 is 1.93 bits per heavy atom. The number of hydrogen-bond donors (Lipinski definition) is 1. The minimum atomic E-state index is -0.325. The maximum absolute atomic E-state index is 12.7. The second-order valence-electron chi connectivity index (χ2n) is 6.93. The fourth-order valence-corrected chi connectivity index (χ4v) is 3.92. The van der Waals surface area contributed by atoms with Crippen molar-refractivity contribution in [3.8, 4) is 5.69 Å². The van der Waals surface area contributed by atoms with Crippen molar-refractivity contribution >= 4 is 41.0 Å². The molecule has 0 bridgehead atoms. The average Bonchev–Trinajstić information content (AvgIpc) is 3.19. The Bertz CT molecular complexity index is 1300. The van der Waals surface area contributed by atoms with E-state index in [2.05, 4.69) is 15.5 Å². The number of aromatic nitrogens is 3. The second kappa shape index (κ2) is 7.97. The number of hydrogen-bond acceptors (Lipinski definition) is 3. The first-order valence-electron chi connectivity index (χ1n) is 9.28. The van der Waals surface area contributed by atoms with Gasteiger partial charge in [0.25, 0.3) is 5.91 Å². The summed E-state index contributed by atoms with van der Waals surface area (Å²) in [6.07, 6.45) is 3.42. The molecule has 3 aromatic heterocycles. The summed E-state index contributed by atoms with van der Waals surface area (Å²) in [5.41, 5.74) is 7.97. The SMILES string of the molecule is Cc1nc2ccccn2c1C(=O)N/N=C\c1cc(C)n(-c2cc(Cl)ccc2Cl)c1C. The smallest absolute Gasteiger partial charge is 0.290 e. The first-order chi connectivity index (χ1) is 14.4. The molecule has 0 saturated carbocycles. The quantitative estimate of drug-likeness (QED) is 0.354. The van der Waals surface area contributed by atoms with Gasteiger partial charge in [-0.25, -0.2) is 10.4 Å². The van der Waals surface area contributed by atoms with E-state index in [1.165, 1.54) is 0 Å². The number of carbonyl (C=O) groups is 1. The predicted octanol–water partition coefficient (Wildman–Crippen LogP) is 5.12. The van der Waals surface area contributed by atoms with Crippen LogP contribution < -0.4 is 5.43 Å². The van der Waals surface area contributed by atoms with E-state index >= 15 is 0 Å². The summed E-state index contributed by atoms with van der Waals surface area (Å²) in [6.45, 7) is 5.73. The Hall–Kier alpha value is -3.09. The number of aryl methyl sites for hydroxylation is 2. The van der Waals surface area contributed by atoms with Crippen LogP contribution in [0, 0.1) is 20.8 Å². The van der Waals surface area contributed by atoms with Crippen LogP contribution in [0.2, 0.25) is 10.0 Å². The number of nitrogens with zero attached hydrogens (tertiary/aromatic N) is 4. The van der Waals surface area contributed by atoms with Gasteiger partial charge in [-0.05, 0) is 57.2 Å². The number of pyridine rings is 1. The topological polar surface area (TPSA) is 63.7 Å². The summed E-state index contributed by atoms with van der Waals surface area (Å²) in [7, 11) is 0. The third-order valence-electron chi connectivity index (χ3n) is 4.91. The maximum atomic E-state index is 12.7. The fraction of sp³-hybridized carbons (Fsp3) is 0.136. The zero-order valence-corrected chi connectivity index (χ0v) is 18.2. The van der Waals surface area contributed by atoms with Crippen molar-refractivity contribution in [2.45, 2.75) is 20.8 Å². The molecule has 4 aromatic rings. The van der Waals surface area contributed by atoms with E-state index in [0.717, 1.165) is 22.6 Å². The minimum Gasteiger partial charge on any atom is -0.316 e. The molecule has 0 spiro atoms. The van der Waals surface area contributed by atoms with Crippen molar-refractivity contribution in [3.63, 3.8) is 0 Å². The summed E-state index contributed by atoms with van der Waals surface area (Å²) in [5.74, 6) is -0.325. The van der Waals surface area contributed by atoms with E-state index in [0.29, 0.717) is 27.1 Å². The molecular formula is C22H19Cl2N5O. The van der Waals surface area contributed by atoms with Crippen LogP contribution in [0.5, 0.6) is 0 Å². The van der Waals surface area contributed by atoms with Gasteiger partial charge in [0.1, 0.15) is 11.3 Å². The zero-order valence-electron chi connectivity index (χ0n) is 16.6. The first kappa shape index (κ1) is 20.2. The van der Waals surface area contributed by atoms with Crippen molar-refractivity contribution in [2.75, 3.05) is 0 Å². The Labute approximate surface area is 183 Å². The molecule has 0 aliphatic carbocycles. The van der Waals surface area contributed by atoms with Gasteiger partial charge in [0.15, 0.2) is 0 Å². The van der Waals surface area contributed by atoms with Crippen molar-refractivity contribution in [3.05, 3.63) is 87.0 Å². The van der Waals surface area contributed by atoms with Crippen molar-refractivity contribution in [2.24, 2.45) is 5.10 Å². The van der Waals surface area contributed by atoms with Gasteiger partial charge in [0.2, 0.25) is 0 Å². The molecule has 0 atom stereocenters. The number of nitrogens with one attached hydrogen (secondary N) is 1. The average molecular weight is 440 g/mol. The number of amides is 1. The van der Waals surface area contributed by atoms with Crippen LogP contribution in [0.4, 0.5) is 0 Å². The van der Waals surface area contributed by atoms with Crippen LogP contribution in [0.25, 0.3) is 11.3 Å². The van der Waals surface area contributed by atoms with E-state index in [1.807, 2.05) is 48.7 Å². The van der Waals surface area contributed by atoms with Crippen LogP contribution in [0.3, 0.4) is 0 Å². The first-order valence-corrected chi connectivity index (χ1v) is 10.0. The summed E-state index contributed by atoms with van der Waals surface area (Å²) >= 11 is 12.5. The van der Waals surface area contributed by atoms with Crippen LogP contribution in [-0.4, -0.2) is 26.1 Å². The number of imidazole rings is 1. The highest BCUT2D eigenvalue weighted by molar-refractivity contribution is 6.34. The normalized spacial score (nSPS) is 11.5. The van der Waals surface area contributed by atoms with E-state index in [4.69, 9.17) is 23.2 Å². The highest BCUT2D eigenvalue weighted by atomic mass is 35.5. The molecule has 152 valence electrons. The van der Waals surface area contributed by atoms with Crippen LogP contribution in [0.15, 0.2) is 53.8 Å². The molecule has 1 N–H and O–H groups in total. The Morgan fingerprint density at radius 1 is 1.13 bits per heavy atom. The van der Waals surface area contributed by atoms with Crippen molar-refractivity contribution in [1.29, 1.82) is 0 Å². The van der Waals surface area contributed by atoms with E-state index < -0.39 is 0 Å². The van der Waals surface area contributed by atoms with Gasteiger partial charge in [-0.2, -0.15) is 5.10 Å². The van der Waals surface area contributed by atoms with Gasteiger partial charge in [-0.1, -0.05) is 29.3 Å². The van der Waals surface area contributed by atoms with Gasteiger partial charge < -0.3 is 4.57 Å². The number of benzene rings is 1. The monoisotopic (exact) mass is 439 g/mol. The molecule has 1 aromatic carbocycles.